The summed E-state index contributed by atoms with van der Waals surface area (Å²) in [5.41, 5.74) is -0.341. The molecule has 0 aliphatic heterocycles. The van der Waals surface area contributed by atoms with Crippen molar-refractivity contribution < 1.29 is 8.42 Å². The lowest BCUT2D eigenvalue weighted by molar-refractivity contribution is 0.345. The summed E-state index contributed by atoms with van der Waals surface area (Å²) in [6.45, 7) is 14.4. The first kappa shape index (κ1) is 15.4. The Morgan fingerprint density at radius 2 is 1.55 bits per heavy atom. The molecule has 1 fully saturated rings. The van der Waals surface area contributed by atoms with Gasteiger partial charge in [0.2, 0.25) is 0 Å². The standard InChI is InChI=1S/C13H24N4O2S/c1-11(2,3)17-9(8-12(4,5)13(8,6)7)15-16-10(17)20(14,18)19/h8H,1-7H3,(H2,14,18,19). The Morgan fingerprint density at radius 1 is 1.10 bits per heavy atom. The van der Waals surface area contributed by atoms with Crippen molar-refractivity contribution in [2.45, 2.75) is 65.1 Å². The highest BCUT2D eigenvalue weighted by molar-refractivity contribution is 7.89. The average Bonchev–Trinajstić information content (AvgIpc) is 2.58. The minimum absolute atomic E-state index is 0.0542. The van der Waals surface area contributed by atoms with Crippen molar-refractivity contribution in [1.82, 2.24) is 14.8 Å². The van der Waals surface area contributed by atoms with E-state index in [0.717, 1.165) is 0 Å². The van der Waals surface area contributed by atoms with Crippen molar-refractivity contribution >= 4 is 10.0 Å². The van der Waals surface area contributed by atoms with Crippen LogP contribution in [0.1, 0.15) is 60.2 Å². The first-order chi connectivity index (χ1) is 8.72. The smallest absolute Gasteiger partial charge is 0.273 e. The molecule has 0 atom stereocenters. The number of nitrogens with zero attached hydrogens (tertiary/aromatic N) is 3. The van der Waals surface area contributed by atoms with Crippen LogP contribution < -0.4 is 5.14 Å². The van der Waals surface area contributed by atoms with Gasteiger partial charge in [-0.05, 0) is 31.6 Å². The van der Waals surface area contributed by atoms with Gasteiger partial charge in [0.25, 0.3) is 15.2 Å². The van der Waals surface area contributed by atoms with Crippen molar-refractivity contribution in [3.8, 4) is 0 Å². The van der Waals surface area contributed by atoms with E-state index < -0.39 is 15.6 Å². The second-order valence-electron chi connectivity index (χ2n) is 7.77. The normalized spacial score (nSPS) is 22.0. The van der Waals surface area contributed by atoms with Crippen LogP contribution in [0.4, 0.5) is 0 Å². The van der Waals surface area contributed by atoms with E-state index in [4.69, 9.17) is 5.14 Å². The molecule has 0 bridgehead atoms. The molecule has 20 heavy (non-hydrogen) atoms. The summed E-state index contributed by atoms with van der Waals surface area (Å²) < 4.78 is 25.1. The SMILES string of the molecule is CC(C)(C)n1c(C2C(C)(C)C2(C)C)nnc1S(N)(=O)=O. The van der Waals surface area contributed by atoms with Gasteiger partial charge in [-0.25, -0.2) is 13.6 Å². The molecule has 1 aliphatic rings. The molecular weight excluding hydrogens is 276 g/mol. The summed E-state index contributed by atoms with van der Waals surface area (Å²) in [6, 6.07) is 0. The number of hydrogen-bond donors (Lipinski definition) is 1. The van der Waals surface area contributed by atoms with E-state index >= 15 is 0 Å². The summed E-state index contributed by atoms with van der Waals surface area (Å²) in [4.78, 5) is 0. The number of hydrogen-bond acceptors (Lipinski definition) is 4. The van der Waals surface area contributed by atoms with Gasteiger partial charge in [-0.2, -0.15) is 0 Å². The maximum atomic E-state index is 11.7. The van der Waals surface area contributed by atoms with Crippen LogP contribution in [0.5, 0.6) is 0 Å². The van der Waals surface area contributed by atoms with E-state index in [1.807, 2.05) is 20.8 Å². The summed E-state index contributed by atoms with van der Waals surface area (Å²) in [5.74, 6) is 0.869. The zero-order valence-corrected chi connectivity index (χ0v) is 14.0. The van der Waals surface area contributed by atoms with Gasteiger partial charge in [0.15, 0.2) is 0 Å². The van der Waals surface area contributed by atoms with Crippen LogP contribution in [0.25, 0.3) is 0 Å². The Morgan fingerprint density at radius 3 is 1.85 bits per heavy atom. The Balaban J connectivity index is 2.67. The lowest BCUT2D eigenvalue weighted by Gasteiger charge is -2.24. The third kappa shape index (κ3) is 1.98. The molecule has 7 heteroatoms. The van der Waals surface area contributed by atoms with E-state index in [2.05, 4.69) is 37.9 Å². The van der Waals surface area contributed by atoms with Gasteiger partial charge in [0.05, 0.1) is 0 Å². The largest absolute Gasteiger partial charge is 0.295 e. The number of aromatic nitrogens is 3. The van der Waals surface area contributed by atoms with Crippen molar-refractivity contribution in [3.63, 3.8) is 0 Å². The maximum absolute atomic E-state index is 11.7. The van der Waals surface area contributed by atoms with Gasteiger partial charge in [0, 0.05) is 11.5 Å². The van der Waals surface area contributed by atoms with Gasteiger partial charge in [-0.1, -0.05) is 27.7 Å². The number of primary sulfonamides is 1. The van der Waals surface area contributed by atoms with Crippen molar-refractivity contribution in [3.05, 3.63) is 5.82 Å². The second kappa shape index (κ2) is 3.82. The number of sulfonamides is 1. The predicted octanol–water partition coefficient (Wildman–Crippen LogP) is 1.83. The molecule has 0 saturated heterocycles. The average molecular weight is 300 g/mol. The van der Waals surface area contributed by atoms with Crippen molar-refractivity contribution in [2.75, 3.05) is 0 Å². The molecular formula is C13H24N4O2S. The molecule has 1 aromatic heterocycles. The van der Waals surface area contributed by atoms with Crippen LogP contribution >= 0.6 is 0 Å². The van der Waals surface area contributed by atoms with Gasteiger partial charge < -0.3 is 0 Å². The summed E-state index contributed by atoms with van der Waals surface area (Å²) in [5, 5.41) is 13.1. The third-order valence-electron chi connectivity index (χ3n) is 4.86. The Kier molecular flexibility index (Phi) is 2.95. The van der Waals surface area contributed by atoms with E-state index in [1.54, 1.807) is 4.57 Å². The Hall–Kier alpha value is -0.950. The summed E-state index contributed by atoms with van der Waals surface area (Å²) in [7, 11) is -3.89. The van der Waals surface area contributed by atoms with E-state index in [0.29, 0.717) is 5.82 Å². The third-order valence-corrected chi connectivity index (χ3v) is 5.64. The lowest BCUT2D eigenvalue weighted by Crippen LogP contribution is -2.30. The predicted molar refractivity (Wildman–Crippen MR) is 76.7 cm³/mol. The molecule has 1 aliphatic carbocycles. The van der Waals surface area contributed by atoms with Crippen LogP contribution in [0, 0.1) is 10.8 Å². The molecule has 1 aromatic rings. The second-order valence-corrected chi connectivity index (χ2v) is 9.22. The summed E-state index contributed by atoms with van der Waals surface area (Å²) >= 11 is 0. The molecule has 6 nitrogen and oxygen atoms in total. The molecule has 0 spiro atoms. The van der Waals surface area contributed by atoms with E-state index in [1.165, 1.54) is 0 Å². The van der Waals surface area contributed by atoms with Crippen LogP contribution in [0.15, 0.2) is 5.16 Å². The van der Waals surface area contributed by atoms with Crippen LogP contribution in [-0.4, -0.2) is 23.2 Å². The molecule has 0 radical (unpaired) electrons. The quantitative estimate of drug-likeness (QED) is 0.902. The first-order valence-electron chi connectivity index (χ1n) is 6.71. The fourth-order valence-corrected chi connectivity index (χ4v) is 3.90. The Bertz CT molecular complexity index is 636. The molecule has 2 N–H and O–H groups in total. The fraction of sp³-hybridized carbons (Fsp3) is 0.846. The summed E-state index contributed by atoms with van der Waals surface area (Å²) in [6.07, 6.45) is 0. The highest BCUT2D eigenvalue weighted by atomic mass is 32.2. The lowest BCUT2D eigenvalue weighted by atomic mass is 10.0. The minimum atomic E-state index is -3.89. The highest BCUT2D eigenvalue weighted by Gasteiger charge is 2.67. The highest BCUT2D eigenvalue weighted by Crippen LogP contribution is 2.73. The van der Waals surface area contributed by atoms with Gasteiger partial charge in [0.1, 0.15) is 5.82 Å². The molecule has 1 saturated carbocycles. The fourth-order valence-electron chi connectivity index (χ4n) is 3.12. The molecule has 0 amide bonds. The van der Waals surface area contributed by atoms with Crippen molar-refractivity contribution in [2.24, 2.45) is 16.0 Å². The van der Waals surface area contributed by atoms with E-state index in [-0.39, 0.29) is 21.9 Å². The molecule has 1 heterocycles. The van der Waals surface area contributed by atoms with Crippen LogP contribution in [-0.2, 0) is 15.6 Å². The van der Waals surface area contributed by atoms with Crippen molar-refractivity contribution in [1.29, 1.82) is 0 Å². The molecule has 0 aromatic carbocycles. The van der Waals surface area contributed by atoms with E-state index in [9.17, 15) is 8.42 Å². The number of nitrogens with two attached hydrogens (primary N) is 1. The molecule has 2 rings (SSSR count). The molecule has 0 unspecified atom stereocenters. The van der Waals surface area contributed by atoms with Crippen LogP contribution in [0.2, 0.25) is 0 Å². The Labute approximate surface area is 120 Å². The molecule has 114 valence electrons. The number of rotatable bonds is 2. The zero-order valence-electron chi connectivity index (χ0n) is 13.2. The monoisotopic (exact) mass is 300 g/mol. The van der Waals surface area contributed by atoms with Gasteiger partial charge in [-0.15, -0.1) is 10.2 Å². The topological polar surface area (TPSA) is 90.9 Å². The van der Waals surface area contributed by atoms with Gasteiger partial charge >= 0.3 is 0 Å². The van der Waals surface area contributed by atoms with Gasteiger partial charge in [-0.3, -0.25) is 4.57 Å². The first-order valence-corrected chi connectivity index (χ1v) is 8.25. The zero-order chi connectivity index (χ0) is 15.7. The maximum Gasteiger partial charge on any atom is 0.273 e. The van der Waals surface area contributed by atoms with Crippen LogP contribution in [0.3, 0.4) is 0 Å². The minimum Gasteiger partial charge on any atom is -0.295 e.